The molecular formula is C17H19N3O. The topological polar surface area (TPSA) is 54.9 Å². The van der Waals surface area contributed by atoms with Crippen molar-refractivity contribution in [3.05, 3.63) is 48.2 Å². The Bertz CT molecular complexity index is 589. The van der Waals surface area contributed by atoms with Gasteiger partial charge in [-0.3, -0.25) is 4.79 Å². The highest BCUT2D eigenvalue weighted by Gasteiger charge is 2.17. The first kappa shape index (κ1) is 13.7. The number of nitrogens with zero attached hydrogens (tertiary/aromatic N) is 2. The monoisotopic (exact) mass is 281 g/mol. The van der Waals surface area contributed by atoms with Crippen molar-refractivity contribution in [3.8, 4) is 11.3 Å². The van der Waals surface area contributed by atoms with Gasteiger partial charge in [0.1, 0.15) is 0 Å². The van der Waals surface area contributed by atoms with E-state index in [-0.39, 0.29) is 5.91 Å². The van der Waals surface area contributed by atoms with E-state index in [1.54, 1.807) is 6.07 Å². The summed E-state index contributed by atoms with van der Waals surface area (Å²) in [6.07, 6.45) is 5.81. The number of hydrogen-bond donors (Lipinski definition) is 1. The predicted molar refractivity (Wildman–Crippen MR) is 81.8 cm³/mol. The number of aromatic nitrogens is 2. The van der Waals surface area contributed by atoms with Crippen molar-refractivity contribution < 1.29 is 4.79 Å². The highest BCUT2D eigenvalue weighted by Crippen LogP contribution is 2.18. The van der Waals surface area contributed by atoms with Gasteiger partial charge in [0.15, 0.2) is 5.69 Å². The van der Waals surface area contributed by atoms with Gasteiger partial charge < -0.3 is 5.32 Å². The fourth-order valence-corrected chi connectivity index (χ4v) is 2.72. The summed E-state index contributed by atoms with van der Waals surface area (Å²) in [7, 11) is 0. The average molecular weight is 281 g/mol. The lowest BCUT2D eigenvalue weighted by Crippen LogP contribution is -2.36. The Hall–Kier alpha value is -2.23. The number of hydrogen-bond acceptors (Lipinski definition) is 3. The summed E-state index contributed by atoms with van der Waals surface area (Å²) in [5.41, 5.74) is 2.18. The second-order valence-corrected chi connectivity index (χ2v) is 5.48. The second-order valence-electron chi connectivity index (χ2n) is 5.48. The van der Waals surface area contributed by atoms with E-state index in [1.165, 1.54) is 19.3 Å². The third kappa shape index (κ3) is 3.45. The Morgan fingerprint density at radius 1 is 0.952 bits per heavy atom. The maximum atomic E-state index is 12.1. The Morgan fingerprint density at radius 3 is 2.38 bits per heavy atom. The summed E-state index contributed by atoms with van der Waals surface area (Å²) in [4.78, 5) is 12.1. The van der Waals surface area contributed by atoms with Gasteiger partial charge in [-0.25, -0.2) is 0 Å². The maximum Gasteiger partial charge on any atom is 0.272 e. The Labute approximate surface area is 124 Å². The minimum atomic E-state index is -0.117. The lowest BCUT2D eigenvalue weighted by Gasteiger charge is -2.22. The molecule has 2 aromatic rings. The minimum absolute atomic E-state index is 0.117. The zero-order chi connectivity index (χ0) is 14.5. The van der Waals surface area contributed by atoms with E-state index in [0.29, 0.717) is 11.7 Å². The van der Waals surface area contributed by atoms with E-state index < -0.39 is 0 Å². The number of carbonyl (C=O) groups is 1. The molecule has 21 heavy (non-hydrogen) atoms. The molecule has 1 aromatic heterocycles. The van der Waals surface area contributed by atoms with Crippen LogP contribution in [-0.4, -0.2) is 22.1 Å². The molecule has 0 spiro atoms. The van der Waals surface area contributed by atoms with Crippen molar-refractivity contribution in [3.63, 3.8) is 0 Å². The summed E-state index contributed by atoms with van der Waals surface area (Å²) in [5, 5.41) is 11.3. The van der Waals surface area contributed by atoms with Gasteiger partial charge in [0.2, 0.25) is 0 Å². The molecule has 1 amide bonds. The van der Waals surface area contributed by atoms with Crippen LogP contribution < -0.4 is 5.32 Å². The molecule has 0 bridgehead atoms. The Kier molecular flexibility index (Phi) is 4.24. The first-order valence-electron chi connectivity index (χ1n) is 7.53. The van der Waals surface area contributed by atoms with Crippen molar-refractivity contribution in [2.24, 2.45) is 0 Å². The third-order valence-electron chi connectivity index (χ3n) is 3.91. The van der Waals surface area contributed by atoms with Crippen LogP contribution in [0.5, 0.6) is 0 Å². The summed E-state index contributed by atoms with van der Waals surface area (Å²) in [6, 6.07) is 13.7. The zero-order valence-corrected chi connectivity index (χ0v) is 12.0. The number of amides is 1. The highest BCUT2D eigenvalue weighted by molar-refractivity contribution is 5.92. The van der Waals surface area contributed by atoms with Gasteiger partial charge in [0, 0.05) is 11.6 Å². The smallest absolute Gasteiger partial charge is 0.272 e. The van der Waals surface area contributed by atoms with Crippen LogP contribution in [0.1, 0.15) is 42.6 Å². The summed E-state index contributed by atoms with van der Waals surface area (Å²) in [6.45, 7) is 0. The molecule has 0 unspecified atom stereocenters. The van der Waals surface area contributed by atoms with Gasteiger partial charge in [-0.05, 0) is 25.0 Å². The molecule has 1 aliphatic rings. The molecule has 1 N–H and O–H groups in total. The van der Waals surface area contributed by atoms with E-state index in [0.717, 1.165) is 24.1 Å². The first-order chi connectivity index (χ1) is 10.3. The molecule has 1 aliphatic carbocycles. The fraction of sp³-hybridized carbons (Fsp3) is 0.353. The highest BCUT2D eigenvalue weighted by atomic mass is 16.2. The fourth-order valence-electron chi connectivity index (χ4n) is 2.72. The SMILES string of the molecule is O=C(NC1CCCCC1)c1ccc(-c2ccccc2)nn1. The molecule has 3 rings (SSSR count). The molecule has 0 radical (unpaired) electrons. The van der Waals surface area contributed by atoms with Crippen molar-refractivity contribution in [2.75, 3.05) is 0 Å². The first-order valence-corrected chi connectivity index (χ1v) is 7.53. The van der Waals surface area contributed by atoms with Gasteiger partial charge in [0.25, 0.3) is 5.91 Å². The number of rotatable bonds is 3. The normalized spacial score (nSPS) is 15.6. The van der Waals surface area contributed by atoms with Crippen LogP contribution in [0.4, 0.5) is 0 Å². The van der Waals surface area contributed by atoms with Crippen molar-refractivity contribution in [2.45, 2.75) is 38.1 Å². The van der Waals surface area contributed by atoms with Crippen molar-refractivity contribution >= 4 is 5.91 Å². The molecule has 1 fully saturated rings. The van der Waals surface area contributed by atoms with Crippen molar-refractivity contribution in [1.29, 1.82) is 0 Å². The number of carbonyl (C=O) groups excluding carboxylic acids is 1. The van der Waals surface area contributed by atoms with Gasteiger partial charge >= 0.3 is 0 Å². The quantitative estimate of drug-likeness (QED) is 0.940. The Morgan fingerprint density at radius 2 is 1.71 bits per heavy atom. The molecule has 108 valence electrons. The number of benzene rings is 1. The van der Waals surface area contributed by atoms with Gasteiger partial charge in [-0.15, -0.1) is 10.2 Å². The average Bonchev–Trinajstić information content (AvgIpc) is 2.57. The molecule has 0 atom stereocenters. The Balaban J connectivity index is 1.67. The van der Waals surface area contributed by atoms with Gasteiger partial charge in [0.05, 0.1) is 5.69 Å². The van der Waals surface area contributed by atoms with E-state index >= 15 is 0 Å². The van der Waals surface area contributed by atoms with Crippen LogP contribution in [0.15, 0.2) is 42.5 Å². The van der Waals surface area contributed by atoms with Gasteiger partial charge in [-0.1, -0.05) is 49.6 Å². The lowest BCUT2D eigenvalue weighted by atomic mass is 9.95. The van der Waals surface area contributed by atoms with E-state index in [4.69, 9.17) is 0 Å². The van der Waals surface area contributed by atoms with Gasteiger partial charge in [-0.2, -0.15) is 0 Å². The van der Waals surface area contributed by atoms with Crippen LogP contribution in [0.3, 0.4) is 0 Å². The van der Waals surface area contributed by atoms with E-state index in [1.807, 2.05) is 36.4 Å². The third-order valence-corrected chi connectivity index (χ3v) is 3.91. The molecule has 1 heterocycles. The van der Waals surface area contributed by atoms with Crippen LogP contribution in [0, 0.1) is 0 Å². The summed E-state index contributed by atoms with van der Waals surface area (Å²) in [5.74, 6) is -0.117. The largest absolute Gasteiger partial charge is 0.348 e. The van der Waals surface area contributed by atoms with Crippen molar-refractivity contribution in [1.82, 2.24) is 15.5 Å². The standard InChI is InChI=1S/C17H19N3O/c21-17(18-14-9-5-2-6-10-14)16-12-11-15(19-20-16)13-7-3-1-4-8-13/h1,3-4,7-8,11-12,14H,2,5-6,9-10H2,(H,18,21). The molecule has 1 aromatic carbocycles. The second kappa shape index (κ2) is 6.48. The van der Waals surface area contributed by atoms with E-state index in [2.05, 4.69) is 15.5 Å². The molecular weight excluding hydrogens is 262 g/mol. The summed E-state index contributed by atoms with van der Waals surface area (Å²) >= 11 is 0. The molecule has 4 nitrogen and oxygen atoms in total. The molecule has 0 saturated heterocycles. The summed E-state index contributed by atoms with van der Waals surface area (Å²) < 4.78 is 0. The number of nitrogens with one attached hydrogen (secondary N) is 1. The minimum Gasteiger partial charge on any atom is -0.348 e. The lowest BCUT2D eigenvalue weighted by molar-refractivity contribution is 0.0921. The molecule has 1 saturated carbocycles. The predicted octanol–water partition coefficient (Wildman–Crippen LogP) is 3.21. The molecule has 0 aliphatic heterocycles. The maximum absolute atomic E-state index is 12.1. The van der Waals surface area contributed by atoms with Crippen LogP contribution in [-0.2, 0) is 0 Å². The van der Waals surface area contributed by atoms with Crippen LogP contribution in [0.25, 0.3) is 11.3 Å². The molecule has 4 heteroatoms. The van der Waals surface area contributed by atoms with Crippen LogP contribution in [0.2, 0.25) is 0 Å². The van der Waals surface area contributed by atoms with E-state index in [9.17, 15) is 4.79 Å². The zero-order valence-electron chi connectivity index (χ0n) is 12.0. The van der Waals surface area contributed by atoms with Crippen LogP contribution >= 0.6 is 0 Å².